The number of anilines is 2. The number of carbonyl (C=O) groups excluding carboxylic acids is 1. The van der Waals surface area contributed by atoms with Crippen LogP contribution in [0.1, 0.15) is 19.4 Å². The van der Waals surface area contributed by atoms with Crippen molar-refractivity contribution in [1.82, 2.24) is 0 Å². The summed E-state index contributed by atoms with van der Waals surface area (Å²) in [5.74, 6) is 0.321. The molecule has 0 fully saturated rings. The van der Waals surface area contributed by atoms with Crippen molar-refractivity contribution >= 4 is 27.3 Å². The summed E-state index contributed by atoms with van der Waals surface area (Å²) in [7, 11) is -3.39. The monoisotopic (exact) mass is 360 g/mol. The van der Waals surface area contributed by atoms with Crippen LogP contribution in [0.3, 0.4) is 0 Å². The van der Waals surface area contributed by atoms with E-state index in [-0.39, 0.29) is 5.91 Å². The Bertz CT molecular complexity index is 908. The Hall–Kier alpha value is -2.54. The van der Waals surface area contributed by atoms with Crippen molar-refractivity contribution in [3.05, 3.63) is 54.1 Å². The fourth-order valence-corrected chi connectivity index (χ4v) is 3.33. The van der Waals surface area contributed by atoms with Gasteiger partial charge in [-0.1, -0.05) is 30.3 Å². The number of ether oxygens (including phenoxy) is 1. The Morgan fingerprint density at radius 1 is 1.12 bits per heavy atom. The third kappa shape index (κ3) is 3.76. The number of fused-ring (bicyclic) bond motifs is 1. The molecule has 2 aromatic rings. The van der Waals surface area contributed by atoms with Crippen LogP contribution in [-0.2, 0) is 21.4 Å². The third-order valence-electron chi connectivity index (χ3n) is 3.86. The molecule has 0 aromatic heterocycles. The molecule has 2 aromatic carbocycles. The molecule has 0 saturated heterocycles. The maximum Gasteiger partial charge on any atom is 0.271 e. The molecule has 0 spiro atoms. The summed E-state index contributed by atoms with van der Waals surface area (Å²) in [4.78, 5) is 14.5. The van der Waals surface area contributed by atoms with Crippen LogP contribution in [-0.4, -0.2) is 26.2 Å². The van der Waals surface area contributed by atoms with E-state index < -0.39 is 15.6 Å². The van der Waals surface area contributed by atoms with Gasteiger partial charge in [0.1, 0.15) is 5.75 Å². The lowest BCUT2D eigenvalue weighted by atomic mass is 10.0. The van der Waals surface area contributed by atoms with Gasteiger partial charge in [0, 0.05) is 6.07 Å². The van der Waals surface area contributed by atoms with Crippen LogP contribution in [0.25, 0.3) is 0 Å². The predicted molar refractivity (Wildman–Crippen MR) is 97.2 cm³/mol. The smallest absolute Gasteiger partial charge is 0.271 e. The molecule has 7 heteroatoms. The van der Waals surface area contributed by atoms with Gasteiger partial charge in [0.2, 0.25) is 10.0 Å². The van der Waals surface area contributed by atoms with Crippen LogP contribution < -0.4 is 14.4 Å². The summed E-state index contributed by atoms with van der Waals surface area (Å²) in [6.45, 7) is 3.82. The number of sulfonamides is 1. The standard InChI is InChI=1S/C18H20N2O4S/c1-18(2)17(21)20(12-13-7-5-4-6-8-13)15-10-9-14(11-16(15)24-18)19-25(3,22)23/h4-11,19H,12H2,1-3H3. The molecule has 1 aliphatic heterocycles. The van der Waals surface area contributed by atoms with Gasteiger partial charge in [0.05, 0.1) is 24.2 Å². The number of hydrogen-bond donors (Lipinski definition) is 1. The number of benzene rings is 2. The highest BCUT2D eigenvalue weighted by atomic mass is 32.2. The molecular weight excluding hydrogens is 340 g/mol. The summed E-state index contributed by atoms with van der Waals surface area (Å²) >= 11 is 0. The second-order valence-electron chi connectivity index (χ2n) is 6.55. The summed E-state index contributed by atoms with van der Waals surface area (Å²) in [5.41, 5.74) is 0.974. The van der Waals surface area contributed by atoms with Crippen LogP contribution in [0, 0.1) is 0 Å². The Morgan fingerprint density at radius 3 is 2.44 bits per heavy atom. The number of carbonyl (C=O) groups is 1. The highest BCUT2D eigenvalue weighted by Crippen LogP contribution is 2.40. The van der Waals surface area contributed by atoms with Crippen LogP contribution in [0.2, 0.25) is 0 Å². The normalized spacial score (nSPS) is 16.1. The van der Waals surface area contributed by atoms with E-state index in [1.165, 1.54) is 0 Å². The molecule has 0 aliphatic carbocycles. The SMILES string of the molecule is CC1(C)Oc2cc(NS(C)(=O)=O)ccc2N(Cc2ccccc2)C1=O. The molecule has 1 N–H and O–H groups in total. The van der Waals surface area contributed by atoms with Crippen molar-refractivity contribution in [3.8, 4) is 5.75 Å². The molecule has 0 bridgehead atoms. The highest BCUT2D eigenvalue weighted by Gasteiger charge is 2.41. The Kier molecular flexibility index (Phi) is 4.20. The summed E-state index contributed by atoms with van der Waals surface area (Å²) < 4.78 is 31.1. The van der Waals surface area contributed by atoms with E-state index in [2.05, 4.69) is 4.72 Å². The van der Waals surface area contributed by atoms with E-state index in [1.54, 1.807) is 36.9 Å². The minimum absolute atomic E-state index is 0.146. The third-order valence-corrected chi connectivity index (χ3v) is 4.47. The van der Waals surface area contributed by atoms with Crippen molar-refractivity contribution in [2.45, 2.75) is 26.0 Å². The average Bonchev–Trinajstić information content (AvgIpc) is 2.51. The van der Waals surface area contributed by atoms with E-state index in [1.807, 2.05) is 30.3 Å². The molecule has 6 nitrogen and oxygen atoms in total. The number of rotatable bonds is 4. The van der Waals surface area contributed by atoms with Gasteiger partial charge in [-0.3, -0.25) is 9.52 Å². The highest BCUT2D eigenvalue weighted by molar-refractivity contribution is 7.92. The molecule has 1 aliphatic rings. The summed E-state index contributed by atoms with van der Waals surface area (Å²) in [6, 6.07) is 14.6. The van der Waals surface area contributed by atoms with Gasteiger partial charge in [0.25, 0.3) is 5.91 Å². The number of amides is 1. The fraction of sp³-hybridized carbons (Fsp3) is 0.278. The molecular formula is C18H20N2O4S. The number of hydrogen-bond acceptors (Lipinski definition) is 4. The minimum Gasteiger partial charge on any atom is -0.476 e. The van der Waals surface area contributed by atoms with Gasteiger partial charge >= 0.3 is 0 Å². The lowest BCUT2D eigenvalue weighted by molar-refractivity contribution is -0.132. The summed E-state index contributed by atoms with van der Waals surface area (Å²) in [6.07, 6.45) is 1.09. The zero-order valence-corrected chi connectivity index (χ0v) is 15.1. The molecule has 132 valence electrons. The second kappa shape index (κ2) is 6.07. The Labute approximate surface area is 147 Å². The van der Waals surface area contributed by atoms with Crippen LogP contribution in [0.15, 0.2) is 48.5 Å². The van der Waals surface area contributed by atoms with E-state index in [9.17, 15) is 13.2 Å². The minimum atomic E-state index is -3.39. The first kappa shape index (κ1) is 17.3. The van der Waals surface area contributed by atoms with Crippen molar-refractivity contribution in [1.29, 1.82) is 0 Å². The Balaban J connectivity index is 2.01. The van der Waals surface area contributed by atoms with Crippen molar-refractivity contribution in [3.63, 3.8) is 0 Å². The Morgan fingerprint density at radius 2 is 1.80 bits per heavy atom. The number of nitrogens with zero attached hydrogens (tertiary/aromatic N) is 1. The van der Waals surface area contributed by atoms with Crippen molar-refractivity contribution in [2.75, 3.05) is 15.9 Å². The second-order valence-corrected chi connectivity index (χ2v) is 8.29. The van der Waals surface area contributed by atoms with Crippen LogP contribution in [0.5, 0.6) is 5.75 Å². The van der Waals surface area contributed by atoms with Crippen LogP contribution >= 0.6 is 0 Å². The number of nitrogens with one attached hydrogen (secondary N) is 1. The molecule has 0 radical (unpaired) electrons. The molecule has 0 atom stereocenters. The first-order valence-corrected chi connectivity index (χ1v) is 9.72. The largest absolute Gasteiger partial charge is 0.476 e. The van der Waals surface area contributed by atoms with Crippen molar-refractivity contribution in [2.24, 2.45) is 0 Å². The lowest BCUT2D eigenvalue weighted by Crippen LogP contribution is -2.52. The molecule has 3 rings (SSSR count). The zero-order valence-electron chi connectivity index (χ0n) is 14.3. The van der Waals surface area contributed by atoms with Gasteiger partial charge in [-0.25, -0.2) is 8.42 Å². The quantitative estimate of drug-likeness (QED) is 0.910. The fourth-order valence-electron chi connectivity index (χ4n) is 2.77. The first-order chi connectivity index (χ1) is 11.7. The predicted octanol–water partition coefficient (Wildman–Crippen LogP) is 2.76. The van der Waals surface area contributed by atoms with Gasteiger partial charge in [-0.15, -0.1) is 0 Å². The first-order valence-electron chi connectivity index (χ1n) is 7.82. The van der Waals surface area contributed by atoms with E-state index in [0.29, 0.717) is 23.7 Å². The maximum atomic E-state index is 12.8. The summed E-state index contributed by atoms with van der Waals surface area (Å²) in [5, 5.41) is 0. The van der Waals surface area contributed by atoms with Crippen LogP contribution in [0.4, 0.5) is 11.4 Å². The molecule has 0 saturated carbocycles. The van der Waals surface area contributed by atoms with E-state index >= 15 is 0 Å². The molecule has 25 heavy (non-hydrogen) atoms. The lowest BCUT2D eigenvalue weighted by Gasteiger charge is -2.39. The zero-order chi connectivity index (χ0) is 18.2. The van der Waals surface area contributed by atoms with Gasteiger partial charge in [-0.2, -0.15) is 0 Å². The molecule has 1 amide bonds. The topological polar surface area (TPSA) is 75.7 Å². The van der Waals surface area contributed by atoms with E-state index in [4.69, 9.17) is 4.74 Å². The van der Waals surface area contributed by atoms with Gasteiger partial charge in [-0.05, 0) is 31.5 Å². The average molecular weight is 360 g/mol. The molecule has 1 heterocycles. The van der Waals surface area contributed by atoms with Crippen molar-refractivity contribution < 1.29 is 17.9 Å². The van der Waals surface area contributed by atoms with Gasteiger partial charge < -0.3 is 9.64 Å². The van der Waals surface area contributed by atoms with E-state index in [0.717, 1.165) is 11.8 Å². The maximum absolute atomic E-state index is 12.8. The molecule has 0 unspecified atom stereocenters. The van der Waals surface area contributed by atoms with Gasteiger partial charge in [0.15, 0.2) is 5.60 Å².